The first-order valence-electron chi connectivity index (χ1n) is 9.55. The molecule has 4 rings (SSSR count). The standard InChI is InChI=1S/C21H29N3O/c1-16-6-8-17(9-7-16)20-18(13-22-23-20)14-24-12-4-11-21(15-24)10-3-5-19(21)25-2/h6-9,13,19H,3-5,10-12,14-15H2,1-2H3,(H,22,23)/t19-,21+/m1/s1. The maximum absolute atomic E-state index is 5.85. The summed E-state index contributed by atoms with van der Waals surface area (Å²) in [6.45, 7) is 5.43. The molecule has 2 atom stereocenters. The Balaban J connectivity index is 1.51. The number of rotatable bonds is 4. The number of methoxy groups -OCH3 is 1. The molecule has 1 aliphatic carbocycles. The van der Waals surface area contributed by atoms with Crippen LogP contribution in [0.5, 0.6) is 0 Å². The Morgan fingerprint density at radius 3 is 2.84 bits per heavy atom. The van der Waals surface area contributed by atoms with Crippen LogP contribution in [0.15, 0.2) is 30.5 Å². The van der Waals surface area contributed by atoms with Crippen molar-refractivity contribution in [3.8, 4) is 11.3 Å². The number of H-pyrrole nitrogens is 1. The number of likely N-dealkylation sites (tertiary alicyclic amines) is 1. The lowest BCUT2D eigenvalue weighted by Gasteiger charge is -2.43. The molecule has 0 bridgehead atoms. The van der Waals surface area contributed by atoms with Gasteiger partial charge in [-0.1, -0.05) is 36.2 Å². The van der Waals surface area contributed by atoms with Gasteiger partial charge < -0.3 is 4.74 Å². The van der Waals surface area contributed by atoms with Crippen LogP contribution in [0.4, 0.5) is 0 Å². The Hall–Kier alpha value is -1.65. The molecule has 4 nitrogen and oxygen atoms in total. The summed E-state index contributed by atoms with van der Waals surface area (Å²) >= 11 is 0. The van der Waals surface area contributed by atoms with Gasteiger partial charge in [-0.25, -0.2) is 0 Å². The molecule has 2 heterocycles. The van der Waals surface area contributed by atoms with Gasteiger partial charge in [0.1, 0.15) is 0 Å². The van der Waals surface area contributed by atoms with E-state index < -0.39 is 0 Å². The minimum absolute atomic E-state index is 0.376. The van der Waals surface area contributed by atoms with Gasteiger partial charge in [-0.2, -0.15) is 5.10 Å². The number of aromatic amines is 1. The molecular formula is C21H29N3O. The maximum atomic E-state index is 5.85. The Kier molecular flexibility index (Phi) is 4.65. The van der Waals surface area contributed by atoms with Crippen LogP contribution in [0.1, 0.15) is 43.2 Å². The molecule has 0 unspecified atom stereocenters. The SMILES string of the molecule is CO[C@@H]1CCC[C@@]12CCCN(Cc1cn[nH]c1-c1ccc(C)cc1)C2. The zero-order valence-electron chi connectivity index (χ0n) is 15.4. The number of aromatic nitrogens is 2. The van der Waals surface area contributed by atoms with E-state index in [1.807, 2.05) is 13.3 Å². The monoisotopic (exact) mass is 339 g/mol. The van der Waals surface area contributed by atoms with Crippen molar-refractivity contribution in [2.45, 2.75) is 51.7 Å². The first-order valence-corrected chi connectivity index (χ1v) is 9.55. The first kappa shape index (κ1) is 16.8. The number of hydrogen-bond donors (Lipinski definition) is 1. The second-order valence-electron chi connectivity index (χ2n) is 7.93. The zero-order chi connectivity index (χ0) is 17.3. The molecule has 2 fully saturated rings. The Bertz CT molecular complexity index is 708. The van der Waals surface area contributed by atoms with E-state index in [2.05, 4.69) is 46.3 Å². The highest BCUT2D eigenvalue weighted by molar-refractivity contribution is 5.62. The summed E-state index contributed by atoms with van der Waals surface area (Å²) < 4.78 is 5.85. The molecule has 134 valence electrons. The van der Waals surface area contributed by atoms with E-state index in [4.69, 9.17) is 4.74 Å². The highest BCUT2D eigenvalue weighted by Gasteiger charge is 2.45. The fourth-order valence-corrected chi connectivity index (χ4v) is 4.98. The van der Waals surface area contributed by atoms with E-state index >= 15 is 0 Å². The van der Waals surface area contributed by atoms with Gasteiger partial charge in [-0.15, -0.1) is 0 Å². The summed E-state index contributed by atoms with van der Waals surface area (Å²) in [5, 5.41) is 7.54. The van der Waals surface area contributed by atoms with Gasteiger partial charge in [0.25, 0.3) is 0 Å². The first-order chi connectivity index (χ1) is 12.2. The smallest absolute Gasteiger partial charge is 0.0695 e. The Morgan fingerprint density at radius 1 is 1.24 bits per heavy atom. The van der Waals surface area contributed by atoms with Crippen LogP contribution in [0, 0.1) is 12.3 Å². The minimum atomic E-state index is 0.376. The third kappa shape index (κ3) is 3.25. The van der Waals surface area contributed by atoms with Crippen LogP contribution in [0.25, 0.3) is 11.3 Å². The van der Waals surface area contributed by atoms with E-state index in [1.165, 1.54) is 55.3 Å². The molecule has 2 aromatic rings. The third-order valence-corrected chi connectivity index (χ3v) is 6.25. The molecule has 1 saturated carbocycles. The molecular weight excluding hydrogens is 310 g/mol. The van der Waals surface area contributed by atoms with Crippen molar-refractivity contribution < 1.29 is 4.74 Å². The van der Waals surface area contributed by atoms with Crippen LogP contribution in [0.2, 0.25) is 0 Å². The van der Waals surface area contributed by atoms with Crippen LogP contribution in [0.3, 0.4) is 0 Å². The summed E-state index contributed by atoms with van der Waals surface area (Å²) in [7, 11) is 1.89. The Labute approximate surface area is 150 Å². The topological polar surface area (TPSA) is 41.1 Å². The van der Waals surface area contributed by atoms with Crippen molar-refractivity contribution >= 4 is 0 Å². The molecule has 1 aromatic heterocycles. The fourth-order valence-electron chi connectivity index (χ4n) is 4.98. The third-order valence-electron chi connectivity index (χ3n) is 6.25. The molecule has 1 spiro atoms. The highest BCUT2D eigenvalue weighted by Crippen LogP contribution is 2.46. The van der Waals surface area contributed by atoms with Gasteiger partial charge in [-0.05, 0) is 44.7 Å². The van der Waals surface area contributed by atoms with Crippen molar-refractivity contribution in [3.05, 3.63) is 41.6 Å². The van der Waals surface area contributed by atoms with Gasteiger partial charge in [0.2, 0.25) is 0 Å². The van der Waals surface area contributed by atoms with Gasteiger partial charge in [0.05, 0.1) is 18.0 Å². The number of aryl methyl sites for hydroxylation is 1. The lowest BCUT2D eigenvalue weighted by molar-refractivity contribution is -0.0366. The van der Waals surface area contributed by atoms with E-state index in [1.54, 1.807) is 0 Å². The van der Waals surface area contributed by atoms with Gasteiger partial charge in [-0.3, -0.25) is 10.00 Å². The van der Waals surface area contributed by atoms with Crippen LogP contribution < -0.4 is 0 Å². The average Bonchev–Trinajstić information content (AvgIpc) is 3.23. The quantitative estimate of drug-likeness (QED) is 0.909. The predicted molar refractivity (Wildman–Crippen MR) is 100 cm³/mol. The molecule has 1 N–H and O–H groups in total. The highest BCUT2D eigenvalue weighted by atomic mass is 16.5. The van der Waals surface area contributed by atoms with Crippen molar-refractivity contribution in [2.75, 3.05) is 20.2 Å². The number of piperidine rings is 1. The zero-order valence-corrected chi connectivity index (χ0v) is 15.4. The molecule has 4 heteroatoms. The van der Waals surface area contributed by atoms with Crippen LogP contribution in [-0.2, 0) is 11.3 Å². The minimum Gasteiger partial charge on any atom is -0.381 e. The van der Waals surface area contributed by atoms with Crippen molar-refractivity contribution in [1.29, 1.82) is 0 Å². The second-order valence-corrected chi connectivity index (χ2v) is 7.93. The fraction of sp³-hybridized carbons (Fsp3) is 0.571. The number of hydrogen-bond acceptors (Lipinski definition) is 3. The summed E-state index contributed by atoms with van der Waals surface area (Å²) in [5.74, 6) is 0. The lowest BCUT2D eigenvalue weighted by atomic mass is 9.76. The number of nitrogens with one attached hydrogen (secondary N) is 1. The normalized spacial score (nSPS) is 27.2. The summed E-state index contributed by atoms with van der Waals surface area (Å²) in [4.78, 5) is 2.61. The second kappa shape index (κ2) is 6.93. The molecule has 1 saturated heterocycles. The molecule has 1 aliphatic heterocycles. The van der Waals surface area contributed by atoms with Gasteiger partial charge >= 0.3 is 0 Å². The van der Waals surface area contributed by atoms with Crippen molar-refractivity contribution in [3.63, 3.8) is 0 Å². The van der Waals surface area contributed by atoms with Crippen LogP contribution in [-0.4, -0.2) is 41.4 Å². The van der Waals surface area contributed by atoms with Crippen molar-refractivity contribution in [1.82, 2.24) is 15.1 Å². The average molecular weight is 339 g/mol. The van der Waals surface area contributed by atoms with Gasteiger partial charge in [0.15, 0.2) is 0 Å². The van der Waals surface area contributed by atoms with E-state index in [0.29, 0.717) is 11.5 Å². The van der Waals surface area contributed by atoms with Gasteiger partial charge in [0, 0.05) is 31.2 Å². The van der Waals surface area contributed by atoms with Crippen molar-refractivity contribution in [2.24, 2.45) is 5.41 Å². The molecule has 0 amide bonds. The largest absolute Gasteiger partial charge is 0.381 e. The predicted octanol–water partition coefficient (Wildman–Crippen LogP) is 4.17. The van der Waals surface area contributed by atoms with Crippen LogP contribution >= 0.6 is 0 Å². The summed E-state index contributed by atoms with van der Waals surface area (Å²) in [6.07, 6.45) is 8.89. The molecule has 25 heavy (non-hydrogen) atoms. The van der Waals surface area contributed by atoms with E-state index in [9.17, 15) is 0 Å². The Morgan fingerprint density at radius 2 is 2.04 bits per heavy atom. The lowest BCUT2D eigenvalue weighted by Crippen LogP contribution is -2.47. The van der Waals surface area contributed by atoms with E-state index in [0.717, 1.165) is 18.8 Å². The summed E-state index contributed by atoms with van der Waals surface area (Å²) in [5.41, 5.74) is 5.35. The number of ether oxygens (including phenoxy) is 1. The molecule has 0 radical (unpaired) electrons. The summed E-state index contributed by atoms with van der Waals surface area (Å²) in [6, 6.07) is 8.69. The molecule has 1 aromatic carbocycles. The van der Waals surface area contributed by atoms with E-state index in [-0.39, 0.29) is 0 Å². The number of nitrogens with zero attached hydrogens (tertiary/aromatic N) is 2. The maximum Gasteiger partial charge on any atom is 0.0695 e. The number of benzene rings is 1. The molecule has 2 aliphatic rings.